The molecular weight excluding hydrogens is 218 g/mol. The molecule has 1 aliphatic heterocycles. The van der Waals surface area contributed by atoms with Crippen molar-refractivity contribution in [1.82, 2.24) is 0 Å². The molecular formula is C12H17N3O2. The second-order valence-corrected chi connectivity index (χ2v) is 3.84. The van der Waals surface area contributed by atoms with Crippen LogP contribution in [0.4, 0.5) is 11.4 Å². The number of nitrogen functional groups attached to an aromatic ring is 1. The van der Waals surface area contributed by atoms with E-state index in [1.807, 2.05) is 18.2 Å². The number of aliphatic imine (C=N–C) groups is 1. The zero-order valence-electron chi connectivity index (χ0n) is 9.90. The van der Waals surface area contributed by atoms with Gasteiger partial charge in [0.25, 0.3) is 0 Å². The fourth-order valence-corrected chi connectivity index (χ4v) is 1.62. The number of nitrogens with zero attached hydrogens (tertiary/aromatic N) is 1. The van der Waals surface area contributed by atoms with Crippen molar-refractivity contribution < 1.29 is 9.47 Å². The molecule has 92 valence electrons. The molecule has 5 heteroatoms. The van der Waals surface area contributed by atoms with Gasteiger partial charge in [0.2, 0.25) is 0 Å². The van der Waals surface area contributed by atoms with Crippen molar-refractivity contribution in [3.8, 4) is 5.75 Å². The first kappa shape index (κ1) is 11.7. The van der Waals surface area contributed by atoms with Crippen molar-refractivity contribution >= 4 is 17.2 Å². The minimum atomic E-state index is 0.476. The molecule has 17 heavy (non-hydrogen) atoms. The van der Waals surface area contributed by atoms with Crippen molar-refractivity contribution in [2.45, 2.75) is 6.42 Å². The van der Waals surface area contributed by atoms with Gasteiger partial charge in [-0.15, -0.1) is 0 Å². The first-order valence-electron chi connectivity index (χ1n) is 5.61. The number of hydrogen-bond donors (Lipinski definition) is 2. The second-order valence-electron chi connectivity index (χ2n) is 3.84. The smallest absolute Gasteiger partial charge is 0.145 e. The molecule has 1 aliphatic rings. The van der Waals surface area contributed by atoms with Gasteiger partial charge < -0.3 is 20.5 Å². The third kappa shape index (κ3) is 3.10. The molecule has 0 saturated heterocycles. The van der Waals surface area contributed by atoms with E-state index in [4.69, 9.17) is 15.2 Å². The zero-order valence-corrected chi connectivity index (χ0v) is 9.90. The maximum Gasteiger partial charge on any atom is 0.145 e. The van der Waals surface area contributed by atoms with Crippen molar-refractivity contribution in [1.29, 1.82) is 0 Å². The van der Waals surface area contributed by atoms with Crippen molar-refractivity contribution in [3.05, 3.63) is 18.2 Å². The summed E-state index contributed by atoms with van der Waals surface area (Å²) in [4.78, 5) is 4.41. The lowest BCUT2D eigenvalue weighted by Gasteiger charge is -2.21. The summed E-state index contributed by atoms with van der Waals surface area (Å²) in [6, 6.07) is 5.53. The molecule has 3 N–H and O–H groups in total. The second kappa shape index (κ2) is 5.54. The largest absolute Gasteiger partial charge is 0.484 e. The Balaban J connectivity index is 1.97. The first-order valence-corrected chi connectivity index (χ1v) is 5.61. The third-order valence-corrected chi connectivity index (χ3v) is 2.46. The Bertz CT molecular complexity index is 418. The van der Waals surface area contributed by atoms with E-state index in [1.165, 1.54) is 0 Å². The summed E-state index contributed by atoms with van der Waals surface area (Å²) in [5.74, 6) is 1.65. The van der Waals surface area contributed by atoms with Gasteiger partial charge in [-0.2, -0.15) is 0 Å². The molecule has 1 aromatic carbocycles. The summed E-state index contributed by atoms with van der Waals surface area (Å²) in [6.45, 7) is 1.93. The lowest BCUT2D eigenvalue weighted by molar-refractivity contribution is 0.197. The molecule has 0 radical (unpaired) electrons. The molecule has 1 aromatic rings. The van der Waals surface area contributed by atoms with Crippen LogP contribution in [0.15, 0.2) is 23.2 Å². The lowest BCUT2D eigenvalue weighted by Crippen LogP contribution is -2.26. The molecule has 0 aromatic heterocycles. The Morgan fingerprint density at radius 3 is 3.24 bits per heavy atom. The van der Waals surface area contributed by atoms with Gasteiger partial charge in [0, 0.05) is 25.9 Å². The van der Waals surface area contributed by atoms with Crippen LogP contribution >= 0.6 is 0 Å². The maximum atomic E-state index is 5.72. The van der Waals surface area contributed by atoms with E-state index in [-0.39, 0.29) is 0 Å². The quantitative estimate of drug-likeness (QED) is 0.613. The van der Waals surface area contributed by atoms with Gasteiger partial charge in [-0.05, 0) is 24.6 Å². The number of anilines is 2. The Kier molecular flexibility index (Phi) is 3.82. The summed E-state index contributed by atoms with van der Waals surface area (Å²) in [5, 5.41) is 3.22. The highest BCUT2D eigenvalue weighted by molar-refractivity contribution is 5.99. The van der Waals surface area contributed by atoms with Gasteiger partial charge in [-0.25, -0.2) is 0 Å². The predicted molar refractivity (Wildman–Crippen MR) is 68.8 cm³/mol. The number of methoxy groups -OCH3 is 1. The van der Waals surface area contributed by atoms with Crippen LogP contribution in [0.1, 0.15) is 6.42 Å². The van der Waals surface area contributed by atoms with E-state index in [1.54, 1.807) is 7.11 Å². The van der Waals surface area contributed by atoms with Crippen LogP contribution in [0.2, 0.25) is 0 Å². The minimum Gasteiger partial charge on any atom is -0.484 e. The molecule has 0 fully saturated rings. The molecule has 0 spiro atoms. The van der Waals surface area contributed by atoms with Crippen LogP contribution in [-0.4, -0.2) is 32.7 Å². The zero-order chi connectivity index (χ0) is 12.1. The van der Waals surface area contributed by atoms with Gasteiger partial charge in [-0.3, -0.25) is 4.99 Å². The highest BCUT2D eigenvalue weighted by Gasteiger charge is 2.13. The van der Waals surface area contributed by atoms with Crippen LogP contribution in [0.3, 0.4) is 0 Å². The average Bonchev–Trinajstić information content (AvgIpc) is 2.34. The molecule has 0 saturated carbocycles. The van der Waals surface area contributed by atoms with E-state index in [2.05, 4.69) is 10.3 Å². The Morgan fingerprint density at radius 1 is 1.53 bits per heavy atom. The maximum absolute atomic E-state index is 5.72. The molecule has 1 heterocycles. The van der Waals surface area contributed by atoms with Gasteiger partial charge >= 0.3 is 0 Å². The normalized spacial score (nSPS) is 16.2. The van der Waals surface area contributed by atoms with Gasteiger partial charge in [0.1, 0.15) is 18.2 Å². The highest BCUT2D eigenvalue weighted by Crippen LogP contribution is 2.29. The van der Waals surface area contributed by atoms with E-state index < -0.39 is 0 Å². The summed E-state index contributed by atoms with van der Waals surface area (Å²) in [6.07, 6.45) is 0.908. The lowest BCUT2D eigenvalue weighted by atomic mass is 10.2. The SMILES string of the molecule is COCCCN=C1COc2ccc(N)cc2N1. The van der Waals surface area contributed by atoms with Gasteiger partial charge in [0.05, 0.1) is 5.69 Å². The summed E-state index contributed by atoms with van der Waals surface area (Å²) < 4.78 is 10.5. The van der Waals surface area contributed by atoms with E-state index >= 15 is 0 Å². The van der Waals surface area contributed by atoms with Crippen LogP contribution in [0, 0.1) is 0 Å². The molecule has 0 atom stereocenters. The van der Waals surface area contributed by atoms with Gasteiger partial charge in [0.15, 0.2) is 0 Å². The summed E-state index contributed by atoms with van der Waals surface area (Å²) in [5.41, 5.74) is 7.30. The number of ether oxygens (including phenoxy) is 2. The average molecular weight is 235 g/mol. The molecule has 0 amide bonds. The van der Waals surface area contributed by atoms with Crippen LogP contribution in [0.25, 0.3) is 0 Å². The van der Waals surface area contributed by atoms with Crippen molar-refractivity contribution in [2.24, 2.45) is 4.99 Å². The predicted octanol–water partition coefficient (Wildman–Crippen LogP) is 1.51. The Morgan fingerprint density at radius 2 is 2.41 bits per heavy atom. The molecule has 5 nitrogen and oxygen atoms in total. The molecule has 0 bridgehead atoms. The number of rotatable bonds is 4. The summed E-state index contributed by atoms with van der Waals surface area (Å²) in [7, 11) is 1.69. The van der Waals surface area contributed by atoms with Gasteiger partial charge in [-0.1, -0.05) is 0 Å². The number of nitrogens with one attached hydrogen (secondary N) is 1. The number of benzene rings is 1. The topological polar surface area (TPSA) is 68.9 Å². The van der Waals surface area contributed by atoms with Crippen LogP contribution in [0.5, 0.6) is 5.75 Å². The number of nitrogens with two attached hydrogens (primary N) is 1. The number of hydrogen-bond acceptors (Lipinski definition) is 4. The first-order chi connectivity index (χ1) is 8.29. The molecule has 0 aliphatic carbocycles. The Hall–Kier alpha value is -1.75. The number of amidine groups is 1. The summed E-state index contributed by atoms with van der Waals surface area (Å²) >= 11 is 0. The Labute approximate surface area is 101 Å². The number of fused-ring (bicyclic) bond motifs is 1. The minimum absolute atomic E-state index is 0.476. The van der Waals surface area contributed by atoms with Crippen LogP contribution in [-0.2, 0) is 4.74 Å². The standard InChI is InChI=1S/C12H17N3O2/c1-16-6-2-5-14-12-8-17-11-4-3-9(13)7-10(11)15-12/h3-4,7H,2,5-6,8,13H2,1H3,(H,14,15). The fourth-order valence-electron chi connectivity index (χ4n) is 1.62. The fraction of sp³-hybridized carbons (Fsp3) is 0.417. The van der Waals surface area contributed by atoms with Crippen molar-refractivity contribution in [3.63, 3.8) is 0 Å². The van der Waals surface area contributed by atoms with E-state index in [0.717, 1.165) is 36.8 Å². The van der Waals surface area contributed by atoms with E-state index in [0.29, 0.717) is 12.3 Å². The third-order valence-electron chi connectivity index (χ3n) is 2.46. The molecule has 2 rings (SSSR count). The van der Waals surface area contributed by atoms with Crippen molar-refractivity contribution in [2.75, 3.05) is 37.9 Å². The monoisotopic (exact) mass is 235 g/mol. The van der Waals surface area contributed by atoms with E-state index in [9.17, 15) is 0 Å². The molecule has 0 unspecified atom stereocenters. The highest BCUT2D eigenvalue weighted by atomic mass is 16.5. The van der Waals surface area contributed by atoms with Crippen LogP contribution < -0.4 is 15.8 Å².